The van der Waals surface area contributed by atoms with Crippen molar-refractivity contribution in [1.29, 1.82) is 0 Å². The average Bonchev–Trinajstić information content (AvgIpc) is 3.07. The smallest absolute Gasteiger partial charge is 0.133 e. The highest BCUT2D eigenvalue weighted by atomic mass is 32.2. The van der Waals surface area contributed by atoms with Crippen molar-refractivity contribution in [3.63, 3.8) is 0 Å². The molecule has 128 valence electrons. The Hall–Kier alpha value is -2.57. The van der Waals surface area contributed by atoms with Crippen molar-refractivity contribution >= 4 is 16.8 Å². The molecule has 3 rings (SSSR count). The fraction of sp³-hybridized carbons (Fsp3) is 0.235. The van der Waals surface area contributed by atoms with Gasteiger partial charge in [0.05, 0.1) is 0 Å². The summed E-state index contributed by atoms with van der Waals surface area (Å²) in [5.74, 6) is -1.03. The van der Waals surface area contributed by atoms with E-state index in [2.05, 4.69) is 20.6 Å². The number of nitrogens with one attached hydrogen (secondary N) is 1. The Morgan fingerprint density at radius 2 is 2.00 bits per heavy atom. The topological polar surface area (TPSA) is 73.2 Å². The molecule has 8 heteroatoms. The van der Waals surface area contributed by atoms with Crippen molar-refractivity contribution in [3.8, 4) is 0 Å². The van der Waals surface area contributed by atoms with Crippen LogP contribution in [0, 0.1) is 11.6 Å². The second kappa shape index (κ2) is 7.55. The normalized spacial score (nSPS) is 19.0. The molecule has 0 amide bonds. The van der Waals surface area contributed by atoms with Crippen molar-refractivity contribution in [2.24, 2.45) is 10.2 Å². The van der Waals surface area contributed by atoms with E-state index in [0.717, 1.165) is 23.8 Å². The van der Waals surface area contributed by atoms with Gasteiger partial charge in [0.15, 0.2) is 0 Å². The van der Waals surface area contributed by atoms with Crippen LogP contribution in [0.2, 0.25) is 0 Å². The van der Waals surface area contributed by atoms with Gasteiger partial charge in [0.2, 0.25) is 0 Å². The average molecular weight is 359 g/mol. The Morgan fingerprint density at radius 1 is 1.20 bits per heavy atom. The van der Waals surface area contributed by atoms with E-state index in [1.807, 2.05) is 30.3 Å². The molecule has 0 radical (unpaired) electrons. The number of thioether (sulfide) groups is 1. The van der Waals surface area contributed by atoms with E-state index >= 15 is 0 Å². The van der Waals surface area contributed by atoms with E-state index < -0.39 is 16.5 Å². The van der Waals surface area contributed by atoms with Crippen molar-refractivity contribution in [2.45, 2.75) is 17.7 Å². The van der Waals surface area contributed by atoms with E-state index in [4.69, 9.17) is 5.53 Å². The largest absolute Gasteiger partial charge is 0.288 e. The van der Waals surface area contributed by atoms with Gasteiger partial charge in [-0.25, -0.2) is 8.78 Å². The minimum atomic E-state index is -0.611. The fourth-order valence-electron chi connectivity index (χ4n) is 2.65. The minimum absolute atomic E-state index is 0.130. The molecule has 0 spiro atoms. The number of hydrazone groups is 1. The summed E-state index contributed by atoms with van der Waals surface area (Å²) in [6, 6.07) is 13.0. The number of benzene rings is 2. The molecule has 2 aromatic rings. The van der Waals surface area contributed by atoms with Gasteiger partial charge in [0, 0.05) is 17.0 Å². The van der Waals surface area contributed by atoms with E-state index in [0.29, 0.717) is 24.4 Å². The molecule has 0 saturated carbocycles. The number of nitrogens with zero attached hydrogens (tertiary/aromatic N) is 4. The molecule has 0 unspecified atom stereocenters. The number of hydrogen-bond acceptors (Lipinski definition) is 4. The molecular weight excluding hydrogens is 344 g/mol. The van der Waals surface area contributed by atoms with Gasteiger partial charge in [-0.05, 0) is 42.1 Å². The van der Waals surface area contributed by atoms with Crippen LogP contribution in [0.1, 0.15) is 24.0 Å². The molecule has 1 aliphatic rings. The molecule has 0 fully saturated rings. The third-order valence-corrected chi connectivity index (χ3v) is 5.24. The summed E-state index contributed by atoms with van der Waals surface area (Å²) >= 11 is 1.34. The highest BCUT2D eigenvalue weighted by molar-refractivity contribution is 8.15. The van der Waals surface area contributed by atoms with Gasteiger partial charge in [-0.15, -0.1) is 0 Å². The molecule has 0 bridgehead atoms. The van der Waals surface area contributed by atoms with E-state index in [1.54, 1.807) is 0 Å². The van der Waals surface area contributed by atoms with Gasteiger partial charge in [-0.3, -0.25) is 5.43 Å². The zero-order valence-corrected chi connectivity index (χ0v) is 14.0. The lowest BCUT2D eigenvalue weighted by molar-refractivity contribution is 0.464. The molecule has 0 aromatic heterocycles. The molecular formula is C17H15F2N5S. The third kappa shape index (κ3) is 3.75. The first kappa shape index (κ1) is 17.3. The Bertz CT molecular complexity index is 836. The Kier molecular flexibility index (Phi) is 5.21. The second-order valence-corrected chi connectivity index (χ2v) is 6.79. The van der Waals surface area contributed by atoms with E-state index in [9.17, 15) is 8.78 Å². The predicted octanol–water partition coefficient (Wildman–Crippen LogP) is 4.91. The molecule has 0 aliphatic carbocycles. The van der Waals surface area contributed by atoms with Crippen LogP contribution < -0.4 is 5.43 Å². The van der Waals surface area contributed by atoms with Crippen LogP contribution >= 0.6 is 11.8 Å². The van der Waals surface area contributed by atoms with Crippen LogP contribution in [0.5, 0.6) is 0 Å². The first-order valence-corrected chi connectivity index (χ1v) is 8.52. The van der Waals surface area contributed by atoms with Gasteiger partial charge < -0.3 is 0 Å². The zero-order chi connectivity index (χ0) is 17.7. The number of hydrogen-bond donors (Lipinski definition) is 1. The zero-order valence-electron chi connectivity index (χ0n) is 13.2. The maximum Gasteiger partial charge on any atom is 0.133 e. The van der Waals surface area contributed by atoms with Crippen LogP contribution in [0.3, 0.4) is 0 Å². The van der Waals surface area contributed by atoms with Crippen LogP contribution in [-0.2, 0) is 4.87 Å². The van der Waals surface area contributed by atoms with Gasteiger partial charge >= 0.3 is 0 Å². The maximum absolute atomic E-state index is 14.1. The van der Waals surface area contributed by atoms with Gasteiger partial charge in [0.1, 0.15) is 21.5 Å². The molecule has 25 heavy (non-hydrogen) atoms. The summed E-state index contributed by atoms with van der Waals surface area (Å²) < 4.78 is 27.6. The molecule has 1 atom stereocenters. The number of rotatable bonds is 6. The lowest BCUT2D eigenvalue weighted by atomic mass is 10.0. The minimum Gasteiger partial charge on any atom is -0.288 e. The number of halogens is 2. The Balaban J connectivity index is 1.88. The quantitative estimate of drug-likeness (QED) is 0.344. The lowest BCUT2D eigenvalue weighted by Gasteiger charge is -2.28. The first-order valence-electron chi connectivity index (χ1n) is 7.70. The predicted molar refractivity (Wildman–Crippen MR) is 95.0 cm³/mol. The fourth-order valence-corrected chi connectivity index (χ4v) is 3.93. The van der Waals surface area contributed by atoms with Gasteiger partial charge in [0.25, 0.3) is 0 Å². The summed E-state index contributed by atoms with van der Waals surface area (Å²) in [4.78, 5) is 2.15. The molecule has 1 N–H and O–H groups in total. The van der Waals surface area contributed by atoms with Crippen LogP contribution in [0.4, 0.5) is 8.78 Å². The SMILES string of the molecule is [N-]=[N+]=NCCC[C@]1(c2ccccc2)NN=C(c2cc(F)ccc2F)S1. The summed E-state index contributed by atoms with van der Waals surface area (Å²) in [6.45, 7) is 0.358. The Morgan fingerprint density at radius 3 is 2.76 bits per heavy atom. The summed E-state index contributed by atoms with van der Waals surface area (Å²) in [7, 11) is 0. The highest BCUT2D eigenvalue weighted by Gasteiger charge is 2.39. The van der Waals surface area contributed by atoms with Crippen molar-refractivity contribution in [3.05, 3.63) is 81.7 Å². The number of azide groups is 1. The van der Waals surface area contributed by atoms with Crippen LogP contribution in [0.15, 0.2) is 58.7 Å². The summed E-state index contributed by atoms with van der Waals surface area (Å²) in [5.41, 5.74) is 12.6. The molecule has 1 aliphatic heterocycles. The van der Waals surface area contributed by atoms with Crippen LogP contribution in [-0.4, -0.2) is 11.6 Å². The van der Waals surface area contributed by atoms with Gasteiger partial charge in [-0.1, -0.05) is 47.2 Å². The third-order valence-electron chi connectivity index (χ3n) is 3.86. The van der Waals surface area contributed by atoms with E-state index in [1.165, 1.54) is 11.8 Å². The van der Waals surface area contributed by atoms with Crippen molar-refractivity contribution < 1.29 is 8.78 Å². The highest BCUT2D eigenvalue weighted by Crippen LogP contribution is 2.44. The molecule has 1 heterocycles. The summed E-state index contributed by atoms with van der Waals surface area (Å²) in [6.07, 6.45) is 1.25. The Labute approximate surface area is 147 Å². The first-order chi connectivity index (χ1) is 12.1. The van der Waals surface area contributed by atoms with Crippen molar-refractivity contribution in [1.82, 2.24) is 5.43 Å². The summed E-state index contributed by atoms with van der Waals surface area (Å²) in [5, 5.41) is 8.21. The standard InChI is InChI=1S/C17H15F2N5S/c18-13-7-8-15(19)14(11-13)16-22-23-17(25-16,9-4-10-21-24-20)12-5-2-1-3-6-12/h1-3,5-8,11,23H,4,9-10H2/t17-/m0/s1. The van der Waals surface area contributed by atoms with Crippen molar-refractivity contribution in [2.75, 3.05) is 6.54 Å². The molecule has 2 aromatic carbocycles. The van der Waals surface area contributed by atoms with E-state index in [-0.39, 0.29) is 5.56 Å². The molecule has 0 saturated heterocycles. The maximum atomic E-state index is 14.1. The second-order valence-electron chi connectivity index (χ2n) is 5.51. The van der Waals surface area contributed by atoms with Crippen LogP contribution in [0.25, 0.3) is 10.4 Å². The monoisotopic (exact) mass is 359 g/mol. The lowest BCUT2D eigenvalue weighted by Crippen LogP contribution is -2.32. The molecule has 5 nitrogen and oxygen atoms in total. The van der Waals surface area contributed by atoms with Gasteiger partial charge in [-0.2, -0.15) is 5.10 Å².